The number of nitrogens with zero attached hydrogens (tertiary/aromatic N) is 2. The Balaban J connectivity index is 0.000000300. The number of piperidine rings is 2. The second-order valence-corrected chi connectivity index (χ2v) is 10.8. The third-order valence-electron chi connectivity index (χ3n) is 5.01. The molecule has 2 aliphatic rings. The van der Waals surface area contributed by atoms with Crippen LogP contribution in [-0.4, -0.2) is 76.4 Å². The number of carbonyl (C=O) groups excluding carboxylic acids is 2. The first-order chi connectivity index (χ1) is 13.8. The minimum atomic E-state index is -0.426. The first-order valence-electron chi connectivity index (χ1n) is 11.0. The third kappa shape index (κ3) is 10.8. The summed E-state index contributed by atoms with van der Waals surface area (Å²) in [4.78, 5) is 26.9. The van der Waals surface area contributed by atoms with E-state index in [1.807, 2.05) is 46.4 Å². The van der Waals surface area contributed by atoms with Gasteiger partial charge in [-0.3, -0.25) is 0 Å². The van der Waals surface area contributed by atoms with Gasteiger partial charge in [0.05, 0.1) is 0 Å². The van der Waals surface area contributed by atoms with E-state index >= 15 is 0 Å². The summed E-state index contributed by atoms with van der Waals surface area (Å²) < 4.78 is 10.6. The molecule has 2 amide bonds. The molecule has 0 aromatic carbocycles. The normalized spacial score (nSPS) is 19.1. The number of ether oxygens (including phenoxy) is 2. The predicted molar refractivity (Wildman–Crippen MR) is 122 cm³/mol. The van der Waals surface area contributed by atoms with Gasteiger partial charge in [-0.15, -0.1) is 0 Å². The van der Waals surface area contributed by atoms with E-state index in [-0.39, 0.29) is 24.4 Å². The van der Waals surface area contributed by atoms with Crippen molar-refractivity contribution in [2.75, 3.05) is 38.1 Å². The number of rotatable bonds is 2. The van der Waals surface area contributed by atoms with Crippen LogP contribution in [0.2, 0.25) is 0 Å². The van der Waals surface area contributed by atoms with E-state index in [1.165, 1.54) is 0 Å². The zero-order chi connectivity index (χ0) is 22.9. The molecule has 0 spiro atoms. The molecular formula is C22H41BrN2O5. The molecule has 8 heteroatoms. The number of aliphatic hydroxyl groups excluding tert-OH is 1. The van der Waals surface area contributed by atoms with Gasteiger partial charge in [0.1, 0.15) is 11.2 Å². The summed E-state index contributed by atoms with van der Waals surface area (Å²) in [6.45, 7) is 14.6. The Labute approximate surface area is 190 Å². The van der Waals surface area contributed by atoms with Gasteiger partial charge >= 0.3 is 12.2 Å². The largest absolute Gasteiger partial charge is 0.444 e. The van der Waals surface area contributed by atoms with Crippen LogP contribution in [-0.2, 0) is 9.47 Å². The Hall–Kier alpha value is -1.02. The molecule has 0 unspecified atom stereocenters. The number of amides is 2. The molecule has 176 valence electrons. The molecule has 0 aromatic rings. The van der Waals surface area contributed by atoms with Gasteiger partial charge in [-0.05, 0) is 79.1 Å². The molecule has 7 nitrogen and oxygen atoms in total. The Bertz CT molecular complexity index is 481. The molecule has 1 N–H and O–H groups in total. The first-order valence-corrected chi connectivity index (χ1v) is 12.1. The van der Waals surface area contributed by atoms with Crippen molar-refractivity contribution in [3.05, 3.63) is 0 Å². The monoisotopic (exact) mass is 492 g/mol. The van der Waals surface area contributed by atoms with Crippen LogP contribution in [0.1, 0.15) is 67.2 Å². The lowest BCUT2D eigenvalue weighted by Gasteiger charge is -2.32. The van der Waals surface area contributed by atoms with Gasteiger partial charge in [0.25, 0.3) is 0 Å². The molecule has 0 atom stereocenters. The van der Waals surface area contributed by atoms with E-state index < -0.39 is 5.60 Å². The van der Waals surface area contributed by atoms with E-state index in [2.05, 4.69) is 15.9 Å². The van der Waals surface area contributed by atoms with E-state index in [0.717, 1.165) is 44.1 Å². The van der Waals surface area contributed by atoms with Crippen LogP contribution in [0.15, 0.2) is 0 Å². The van der Waals surface area contributed by atoms with Gasteiger partial charge in [-0.1, -0.05) is 15.9 Å². The molecule has 0 bridgehead atoms. The number of hydrogen-bond donors (Lipinski definition) is 1. The Morgan fingerprint density at radius 3 is 1.40 bits per heavy atom. The topological polar surface area (TPSA) is 79.3 Å². The smallest absolute Gasteiger partial charge is 0.410 e. The Morgan fingerprint density at radius 1 is 0.800 bits per heavy atom. The number of halogens is 1. The fourth-order valence-corrected chi connectivity index (χ4v) is 3.87. The van der Waals surface area contributed by atoms with Gasteiger partial charge in [-0.2, -0.15) is 0 Å². The highest BCUT2D eigenvalue weighted by atomic mass is 79.9. The van der Waals surface area contributed by atoms with Crippen LogP contribution in [0, 0.1) is 11.8 Å². The maximum atomic E-state index is 11.7. The summed E-state index contributed by atoms with van der Waals surface area (Å²) in [6.07, 6.45) is 3.48. The zero-order valence-corrected chi connectivity index (χ0v) is 21.2. The predicted octanol–water partition coefficient (Wildman–Crippen LogP) is 4.65. The third-order valence-corrected chi connectivity index (χ3v) is 5.92. The summed E-state index contributed by atoms with van der Waals surface area (Å²) in [5.74, 6) is 1.06. The highest BCUT2D eigenvalue weighted by Gasteiger charge is 2.27. The lowest BCUT2D eigenvalue weighted by molar-refractivity contribution is 0.0156. The SMILES string of the molecule is CC(C)(C)OC(=O)N1CCC(CBr)CC1.CC(C)(C)OC(=O)N1CCC(CO)CC1. The van der Waals surface area contributed by atoms with Crippen LogP contribution in [0.3, 0.4) is 0 Å². The van der Waals surface area contributed by atoms with Crippen molar-refractivity contribution in [2.24, 2.45) is 11.8 Å². The molecule has 2 rings (SSSR count). The van der Waals surface area contributed by atoms with Crippen LogP contribution < -0.4 is 0 Å². The van der Waals surface area contributed by atoms with Crippen LogP contribution >= 0.6 is 15.9 Å². The highest BCUT2D eigenvalue weighted by molar-refractivity contribution is 9.09. The summed E-state index contributed by atoms with van der Waals surface area (Å²) in [7, 11) is 0. The van der Waals surface area contributed by atoms with E-state index in [0.29, 0.717) is 24.9 Å². The van der Waals surface area contributed by atoms with Gasteiger partial charge in [0.2, 0.25) is 0 Å². The molecule has 0 saturated carbocycles. The fraction of sp³-hybridized carbons (Fsp3) is 0.909. The van der Waals surface area contributed by atoms with Gasteiger partial charge < -0.3 is 24.4 Å². The number of aliphatic hydroxyl groups is 1. The standard InChI is InChI=1S/C11H20BrNO2.C11H21NO3/c1-11(2,3)15-10(14)13-6-4-9(8-12)5-7-13;1-11(2,3)15-10(14)12-6-4-9(8-13)5-7-12/h9H,4-8H2,1-3H3;9,13H,4-8H2,1-3H3. The maximum absolute atomic E-state index is 11.7. The second kappa shape index (κ2) is 12.1. The van der Waals surface area contributed by atoms with Crippen LogP contribution in [0.5, 0.6) is 0 Å². The molecular weight excluding hydrogens is 452 g/mol. The molecule has 2 aliphatic heterocycles. The number of alkyl halides is 1. The number of hydrogen-bond acceptors (Lipinski definition) is 5. The van der Waals surface area contributed by atoms with Gasteiger partial charge in [0.15, 0.2) is 0 Å². The molecule has 2 saturated heterocycles. The van der Waals surface area contributed by atoms with Crippen molar-refractivity contribution in [3.63, 3.8) is 0 Å². The summed E-state index contributed by atoms with van der Waals surface area (Å²) in [6, 6.07) is 0. The van der Waals surface area contributed by atoms with E-state index in [9.17, 15) is 9.59 Å². The highest BCUT2D eigenvalue weighted by Crippen LogP contribution is 2.21. The lowest BCUT2D eigenvalue weighted by Crippen LogP contribution is -2.42. The van der Waals surface area contributed by atoms with Crippen molar-refractivity contribution in [3.8, 4) is 0 Å². The van der Waals surface area contributed by atoms with Crippen molar-refractivity contribution >= 4 is 28.1 Å². The van der Waals surface area contributed by atoms with Crippen LogP contribution in [0.4, 0.5) is 9.59 Å². The summed E-state index contributed by atoms with van der Waals surface area (Å²) >= 11 is 3.48. The zero-order valence-electron chi connectivity index (χ0n) is 19.6. The molecule has 2 fully saturated rings. The average Bonchev–Trinajstić information content (AvgIpc) is 2.66. The number of carbonyl (C=O) groups is 2. The van der Waals surface area contributed by atoms with Crippen molar-refractivity contribution in [1.82, 2.24) is 9.80 Å². The van der Waals surface area contributed by atoms with Crippen LogP contribution in [0.25, 0.3) is 0 Å². The number of likely N-dealkylation sites (tertiary alicyclic amines) is 2. The fourth-order valence-electron chi connectivity index (χ4n) is 3.22. The van der Waals surface area contributed by atoms with Crippen molar-refractivity contribution < 1.29 is 24.2 Å². The Morgan fingerprint density at radius 2 is 1.13 bits per heavy atom. The summed E-state index contributed by atoms with van der Waals surface area (Å²) in [5.41, 5.74) is -0.811. The van der Waals surface area contributed by atoms with Crippen molar-refractivity contribution in [1.29, 1.82) is 0 Å². The molecule has 0 aliphatic carbocycles. The molecule has 0 radical (unpaired) electrons. The lowest BCUT2D eigenvalue weighted by atomic mass is 9.98. The maximum Gasteiger partial charge on any atom is 0.410 e. The minimum absolute atomic E-state index is 0.171. The van der Waals surface area contributed by atoms with Gasteiger partial charge in [0, 0.05) is 38.1 Å². The first kappa shape index (κ1) is 27.0. The second-order valence-electron chi connectivity index (χ2n) is 10.2. The minimum Gasteiger partial charge on any atom is -0.444 e. The van der Waals surface area contributed by atoms with Gasteiger partial charge in [-0.25, -0.2) is 9.59 Å². The van der Waals surface area contributed by atoms with E-state index in [1.54, 1.807) is 4.90 Å². The molecule has 2 heterocycles. The quantitative estimate of drug-likeness (QED) is 0.567. The summed E-state index contributed by atoms with van der Waals surface area (Å²) in [5, 5.41) is 10.0. The van der Waals surface area contributed by atoms with E-state index in [4.69, 9.17) is 14.6 Å². The van der Waals surface area contributed by atoms with Crippen molar-refractivity contribution in [2.45, 2.75) is 78.4 Å². The Kier molecular flexibility index (Phi) is 10.9. The average molecular weight is 493 g/mol. The molecule has 0 aromatic heterocycles. The molecule has 30 heavy (non-hydrogen) atoms.